The summed E-state index contributed by atoms with van der Waals surface area (Å²) < 4.78 is 1.49. The molecular weight excluding hydrogens is 242 g/mol. The molecule has 1 aliphatic rings. The lowest BCUT2D eigenvalue weighted by Crippen LogP contribution is -2.43. The van der Waals surface area contributed by atoms with Crippen LogP contribution in [0.5, 0.6) is 0 Å². The van der Waals surface area contributed by atoms with E-state index >= 15 is 0 Å². The number of nitrogens with zero attached hydrogens (tertiary/aromatic N) is 4. The lowest BCUT2D eigenvalue weighted by molar-refractivity contribution is -0.124. The molecule has 0 aromatic carbocycles. The fourth-order valence-electron chi connectivity index (χ4n) is 2.53. The van der Waals surface area contributed by atoms with Crippen molar-refractivity contribution in [3.8, 4) is 6.07 Å². The smallest absolute Gasteiger partial charge is 0.245 e. The zero-order valence-corrected chi connectivity index (χ0v) is 11.1. The first-order valence-electron chi connectivity index (χ1n) is 6.76. The quantitative estimate of drug-likeness (QED) is 0.888. The minimum atomic E-state index is -0.443. The molecule has 6 heteroatoms. The fourth-order valence-corrected chi connectivity index (χ4v) is 2.53. The van der Waals surface area contributed by atoms with Gasteiger partial charge in [-0.1, -0.05) is 19.3 Å². The maximum Gasteiger partial charge on any atom is 0.245 e. The Morgan fingerprint density at radius 1 is 1.47 bits per heavy atom. The SMILES string of the molecule is CC(C(=O)NC(C#N)C1CCCCC1)n1cncn1. The van der Waals surface area contributed by atoms with Crippen LogP contribution in [0.25, 0.3) is 0 Å². The predicted octanol–water partition coefficient (Wildman–Crippen LogP) is 1.43. The second kappa shape index (κ2) is 6.32. The van der Waals surface area contributed by atoms with Crippen molar-refractivity contribution >= 4 is 5.91 Å². The first-order valence-corrected chi connectivity index (χ1v) is 6.76. The molecule has 19 heavy (non-hydrogen) atoms. The summed E-state index contributed by atoms with van der Waals surface area (Å²) in [5, 5.41) is 16.0. The van der Waals surface area contributed by atoms with Crippen LogP contribution in [0.3, 0.4) is 0 Å². The van der Waals surface area contributed by atoms with E-state index in [1.807, 2.05) is 0 Å². The van der Waals surface area contributed by atoms with Crippen LogP contribution in [0.15, 0.2) is 12.7 Å². The van der Waals surface area contributed by atoms with Crippen molar-refractivity contribution in [2.75, 3.05) is 0 Å². The average Bonchev–Trinajstić information content (AvgIpc) is 2.98. The molecule has 0 spiro atoms. The Balaban J connectivity index is 1.94. The second-order valence-electron chi connectivity index (χ2n) is 5.06. The summed E-state index contributed by atoms with van der Waals surface area (Å²) in [5.74, 6) is 0.105. The lowest BCUT2D eigenvalue weighted by Gasteiger charge is -2.27. The summed E-state index contributed by atoms with van der Waals surface area (Å²) in [6, 6.07) is 1.39. The van der Waals surface area contributed by atoms with Gasteiger partial charge in [-0.25, -0.2) is 9.67 Å². The van der Waals surface area contributed by atoms with E-state index in [1.54, 1.807) is 6.92 Å². The summed E-state index contributed by atoms with van der Waals surface area (Å²) in [6.45, 7) is 1.75. The van der Waals surface area contributed by atoms with E-state index in [2.05, 4.69) is 21.5 Å². The average molecular weight is 261 g/mol. The molecule has 6 nitrogen and oxygen atoms in total. The van der Waals surface area contributed by atoms with Gasteiger partial charge in [-0.15, -0.1) is 0 Å². The summed E-state index contributed by atoms with van der Waals surface area (Å²) in [4.78, 5) is 15.9. The minimum absolute atomic E-state index is 0.178. The van der Waals surface area contributed by atoms with Crippen molar-refractivity contribution in [1.29, 1.82) is 5.26 Å². The van der Waals surface area contributed by atoms with Gasteiger partial charge in [0.15, 0.2) is 0 Å². The van der Waals surface area contributed by atoms with Crippen LogP contribution in [0.1, 0.15) is 45.1 Å². The van der Waals surface area contributed by atoms with E-state index in [-0.39, 0.29) is 11.8 Å². The van der Waals surface area contributed by atoms with Crippen molar-refractivity contribution in [2.45, 2.75) is 51.1 Å². The van der Waals surface area contributed by atoms with Crippen LogP contribution in [-0.4, -0.2) is 26.7 Å². The molecule has 1 fully saturated rings. The molecular formula is C13H19N5O. The molecule has 0 bridgehead atoms. The van der Waals surface area contributed by atoms with Gasteiger partial charge in [0.2, 0.25) is 5.91 Å². The highest BCUT2D eigenvalue weighted by Gasteiger charge is 2.27. The van der Waals surface area contributed by atoms with E-state index < -0.39 is 12.1 Å². The number of nitriles is 1. The van der Waals surface area contributed by atoms with Gasteiger partial charge in [-0.3, -0.25) is 4.79 Å². The van der Waals surface area contributed by atoms with Gasteiger partial charge in [0, 0.05) is 0 Å². The first-order chi connectivity index (χ1) is 9.22. The van der Waals surface area contributed by atoms with Crippen molar-refractivity contribution in [3.05, 3.63) is 12.7 Å². The fraction of sp³-hybridized carbons (Fsp3) is 0.692. The van der Waals surface area contributed by atoms with Gasteiger partial charge >= 0.3 is 0 Å². The molecule has 1 N–H and O–H groups in total. The normalized spacial score (nSPS) is 19.4. The van der Waals surface area contributed by atoms with E-state index in [1.165, 1.54) is 23.8 Å². The van der Waals surface area contributed by atoms with E-state index in [0.717, 1.165) is 25.7 Å². The Labute approximate surface area is 112 Å². The molecule has 2 rings (SSSR count). The number of nitrogens with one attached hydrogen (secondary N) is 1. The van der Waals surface area contributed by atoms with Gasteiger partial charge in [-0.05, 0) is 25.7 Å². The summed E-state index contributed by atoms with van der Waals surface area (Å²) in [7, 11) is 0. The lowest BCUT2D eigenvalue weighted by atomic mass is 9.84. The number of amides is 1. The Kier molecular flexibility index (Phi) is 4.50. The highest BCUT2D eigenvalue weighted by molar-refractivity contribution is 5.80. The molecule has 1 saturated carbocycles. The molecule has 1 heterocycles. The largest absolute Gasteiger partial charge is 0.338 e. The number of rotatable bonds is 4. The standard InChI is InChI=1S/C13H19N5O/c1-10(18-9-15-8-16-18)13(19)17-12(7-14)11-5-3-2-4-6-11/h8-12H,2-6H2,1H3,(H,17,19). The van der Waals surface area contributed by atoms with Gasteiger partial charge in [0.25, 0.3) is 0 Å². The molecule has 0 aliphatic heterocycles. The predicted molar refractivity (Wildman–Crippen MR) is 68.9 cm³/mol. The number of hydrogen-bond donors (Lipinski definition) is 1. The maximum atomic E-state index is 12.1. The van der Waals surface area contributed by atoms with Crippen LogP contribution in [0, 0.1) is 17.2 Å². The molecule has 1 amide bonds. The van der Waals surface area contributed by atoms with Crippen molar-refractivity contribution in [3.63, 3.8) is 0 Å². The number of aromatic nitrogens is 3. The molecule has 2 unspecified atom stereocenters. The van der Waals surface area contributed by atoms with Crippen molar-refractivity contribution in [1.82, 2.24) is 20.1 Å². The van der Waals surface area contributed by atoms with Gasteiger partial charge in [0.1, 0.15) is 24.7 Å². The highest BCUT2D eigenvalue weighted by atomic mass is 16.2. The zero-order chi connectivity index (χ0) is 13.7. The Bertz CT molecular complexity index is 444. The highest BCUT2D eigenvalue weighted by Crippen LogP contribution is 2.26. The number of carbonyl (C=O) groups excluding carboxylic acids is 1. The molecule has 102 valence electrons. The first kappa shape index (κ1) is 13.5. The van der Waals surface area contributed by atoms with Crippen LogP contribution < -0.4 is 5.32 Å². The molecule has 1 aliphatic carbocycles. The second-order valence-corrected chi connectivity index (χ2v) is 5.06. The van der Waals surface area contributed by atoms with E-state index in [4.69, 9.17) is 0 Å². The van der Waals surface area contributed by atoms with Gasteiger partial charge < -0.3 is 5.32 Å². The monoisotopic (exact) mass is 261 g/mol. The third-order valence-electron chi connectivity index (χ3n) is 3.77. The van der Waals surface area contributed by atoms with Crippen molar-refractivity contribution < 1.29 is 4.79 Å². The molecule has 0 saturated heterocycles. The van der Waals surface area contributed by atoms with Crippen LogP contribution >= 0.6 is 0 Å². The van der Waals surface area contributed by atoms with Gasteiger partial charge in [-0.2, -0.15) is 10.4 Å². The molecule has 1 aromatic heterocycles. The van der Waals surface area contributed by atoms with Gasteiger partial charge in [0.05, 0.1) is 6.07 Å². The maximum absolute atomic E-state index is 12.1. The third kappa shape index (κ3) is 3.31. The van der Waals surface area contributed by atoms with Crippen molar-refractivity contribution in [2.24, 2.45) is 5.92 Å². The molecule has 2 atom stereocenters. The van der Waals surface area contributed by atoms with Crippen LogP contribution in [0.2, 0.25) is 0 Å². The molecule has 1 aromatic rings. The number of carbonyl (C=O) groups is 1. The van der Waals surface area contributed by atoms with Crippen LogP contribution in [0.4, 0.5) is 0 Å². The minimum Gasteiger partial charge on any atom is -0.338 e. The van der Waals surface area contributed by atoms with Crippen LogP contribution in [-0.2, 0) is 4.79 Å². The summed E-state index contributed by atoms with van der Waals surface area (Å²) in [6.07, 6.45) is 8.48. The Morgan fingerprint density at radius 3 is 2.79 bits per heavy atom. The van der Waals surface area contributed by atoms with E-state index in [0.29, 0.717) is 0 Å². The Hall–Kier alpha value is -1.90. The Morgan fingerprint density at radius 2 is 2.21 bits per heavy atom. The number of hydrogen-bond acceptors (Lipinski definition) is 4. The molecule has 0 radical (unpaired) electrons. The summed E-state index contributed by atoms with van der Waals surface area (Å²) in [5.41, 5.74) is 0. The topological polar surface area (TPSA) is 83.6 Å². The summed E-state index contributed by atoms with van der Waals surface area (Å²) >= 11 is 0. The zero-order valence-electron chi connectivity index (χ0n) is 11.1. The van der Waals surface area contributed by atoms with E-state index in [9.17, 15) is 10.1 Å². The third-order valence-corrected chi connectivity index (χ3v) is 3.77.